The largest absolute Gasteiger partial charge is 0.488 e. The molecule has 3 aromatic heterocycles. The number of carbonyl (C=O) groups excluding carboxylic acids is 1. The average Bonchev–Trinajstić information content (AvgIpc) is 3.18. The van der Waals surface area contributed by atoms with Crippen molar-refractivity contribution in [2.75, 3.05) is 0 Å². The van der Waals surface area contributed by atoms with Gasteiger partial charge in [-0.2, -0.15) is 0 Å². The first-order chi connectivity index (χ1) is 16.9. The second-order valence-electron chi connectivity index (χ2n) is 8.33. The van der Waals surface area contributed by atoms with Crippen LogP contribution in [0.5, 0.6) is 5.75 Å². The van der Waals surface area contributed by atoms with Crippen LogP contribution in [0.2, 0.25) is 0 Å². The monoisotopic (exact) mass is 469 g/mol. The summed E-state index contributed by atoms with van der Waals surface area (Å²) in [5, 5.41) is 5.76. The Morgan fingerprint density at radius 2 is 1.77 bits per heavy atom. The smallest absolute Gasteiger partial charge is 0.342 e. The third-order valence-electron chi connectivity index (χ3n) is 5.91. The maximum atomic E-state index is 13.1. The summed E-state index contributed by atoms with van der Waals surface area (Å²) in [4.78, 5) is 30.1. The Bertz CT molecular complexity index is 1610. The standard InChI is InChI=1S/C27H23N3O5/c1-16-7-6-10-30-25(31)13-21(28-26(16)30)14-34-27(32)22-11-19-8-4-5-9-20(19)12-24(22)33-15-23-17(2)29-35-18(23)3/h4-13H,14-15H2,1-3H3. The van der Waals surface area contributed by atoms with Crippen molar-refractivity contribution in [2.24, 2.45) is 0 Å². The highest BCUT2D eigenvalue weighted by Gasteiger charge is 2.18. The van der Waals surface area contributed by atoms with Gasteiger partial charge in [0.25, 0.3) is 5.56 Å². The molecule has 0 amide bonds. The molecule has 0 aliphatic rings. The van der Waals surface area contributed by atoms with E-state index in [9.17, 15) is 9.59 Å². The van der Waals surface area contributed by atoms with Crippen LogP contribution in [0.4, 0.5) is 0 Å². The minimum atomic E-state index is -0.573. The molecule has 0 spiro atoms. The molecular formula is C27H23N3O5. The number of esters is 1. The van der Waals surface area contributed by atoms with Crippen LogP contribution < -0.4 is 10.3 Å². The van der Waals surface area contributed by atoms with Gasteiger partial charge in [0, 0.05) is 12.3 Å². The van der Waals surface area contributed by atoms with Gasteiger partial charge in [-0.3, -0.25) is 9.20 Å². The molecular weight excluding hydrogens is 446 g/mol. The molecule has 0 aliphatic carbocycles. The molecule has 5 rings (SSSR count). The molecule has 3 heterocycles. The number of nitrogens with zero attached hydrogens (tertiary/aromatic N) is 3. The zero-order chi connectivity index (χ0) is 24.5. The molecule has 0 N–H and O–H groups in total. The number of carbonyl (C=O) groups is 1. The predicted molar refractivity (Wildman–Crippen MR) is 130 cm³/mol. The highest BCUT2D eigenvalue weighted by Crippen LogP contribution is 2.28. The van der Waals surface area contributed by atoms with E-state index in [0.29, 0.717) is 22.9 Å². The van der Waals surface area contributed by atoms with Crippen molar-refractivity contribution in [1.82, 2.24) is 14.5 Å². The van der Waals surface area contributed by atoms with E-state index in [0.717, 1.165) is 27.6 Å². The third-order valence-corrected chi connectivity index (χ3v) is 5.91. The lowest BCUT2D eigenvalue weighted by molar-refractivity contribution is 0.0463. The van der Waals surface area contributed by atoms with E-state index in [2.05, 4.69) is 10.1 Å². The van der Waals surface area contributed by atoms with Crippen molar-refractivity contribution in [1.29, 1.82) is 0 Å². The van der Waals surface area contributed by atoms with Gasteiger partial charge in [-0.1, -0.05) is 35.5 Å². The molecule has 0 aliphatic heterocycles. The second kappa shape index (κ2) is 9.06. The molecule has 176 valence electrons. The SMILES string of the molecule is Cc1noc(C)c1COc1cc2ccccc2cc1C(=O)OCc1cc(=O)n2cccc(C)c2n1. The number of ether oxygens (including phenoxy) is 2. The van der Waals surface area contributed by atoms with E-state index in [1.54, 1.807) is 18.3 Å². The number of hydrogen-bond donors (Lipinski definition) is 0. The topological polar surface area (TPSA) is 95.9 Å². The molecule has 0 saturated carbocycles. The fourth-order valence-corrected chi connectivity index (χ4v) is 3.96. The molecule has 0 fully saturated rings. The van der Waals surface area contributed by atoms with E-state index in [4.69, 9.17) is 14.0 Å². The third kappa shape index (κ3) is 4.38. The van der Waals surface area contributed by atoms with Gasteiger partial charge in [0.05, 0.1) is 17.0 Å². The quantitative estimate of drug-likeness (QED) is 0.333. The Morgan fingerprint density at radius 3 is 2.51 bits per heavy atom. The molecule has 2 aromatic carbocycles. The van der Waals surface area contributed by atoms with Crippen LogP contribution in [0.15, 0.2) is 70.1 Å². The number of fused-ring (bicyclic) bond motifs is 2. The molecule has 0 saturated heterocycles. The summed E-state index contributed by atoms with van der Waals surface area (Å²) in [6, 6.07) is 16.3. The van der Waals surface area contributed by atoms with E-state index in [-0.39, 0.29) is 24.3 Å². The number of hydrogen-bond acceptors (Lipinski definition) is 7. The molecule has 5 aromatic rings. The normalized spacial score (nSPS) is 11.2. The summed E-state index contributed by atoms with van der Waals surface area (Å²) in [6.45, 7) is 5.58. The van der Waals surface area contributed by atoms with E-state index in [1.807, 2.05) is 57.2 Å². The minimum absolute atomic E-state index is 0.144. The van der Waals surface area contributed by atoms with Crippen LogP contribution in [-0.4, -0.2) is 20.5 Å². The minimum Gasteiger partial charge on any atom is -0.488 e. The zero-order valence-electron chi connectivity index (χ0n) is 19.6. The van der Waals surface area contributed by atoms with Crippen molar-refractivity contribution in [2.45, 2.75) is 34.0 Å². The van der Waals surface area contributed by atoms with Gasteiger partial charge < -0.3 is 14.0 Å². The van der Waals surface area contributed by atoms with Crippen LogP contribution in [0.3, 0.4) is 0 Å². The van der Waals surface area contributed by atoms with Gasteiger partial charge in [-0.25, -0.2) is 9.78 Å². The lowest BCUT2D eigenvalue weighted by Gasteiger charge is -2.13. The molecule has 0 bridgehead atoms. The van der Waals surface area contributed by atoms with Gasteiger partial charge in [0.15, 0.2) is 0 Å². The predicted octanol–water partition coefficient (Wildman–Crippen LogP) is 4.70. The lowest BCUT2D eigenvalue weighted by atomic mass is 10.1. The van der Waals surface area contributed by atoms with Crippen molar-refractivity contribution < 1.29 is 18.8 Å². The van der Waals surface area contributed by atoms with E-state index >= 15 is 0 Å². The summed E-state index contributed by atoms with van der Waals surface area (Å²) in [5.74, 6) is 0.476. The van der Waals surface area contributed by atoms with Crippen LogP contribution in [0.1, 0.15) is 38.6 Å². The highest BCUT2D eigenvalue weighted by molar-refractivity contribution is 5.98. The first-order valence-corrected chi connectivity index (χ1v) is 11.1. The fourth-order valence-electron chi connectivity index (χ4n) is 3.96. The molecule has 0 radical (unpaired) electrons. The number of aromatic nitrogens is 3. The molecule has 0 atom stereocenters. The van der Waals surface area contributed by atoms with Crippen molar-refractivity contribution in [3.63, 3.8) is 0 Å². The van der Waals surface area contributed by atoms with Gasteiger partial charge >= 0.3 is 5.97 Å². The van der Waals surface area contributed by atoms with E-state index < -0.39 is 5.97 Å². The number of benzene rings is 2. The van der Waals surface area contributed by atoms with Gasteiger partial charge in [-0.15, -0.1) is 0 Å². The van der Waals surface area contributed by atoms with Gasteiger partial charge in [-0.05, 0) is 55.3 Å². The summed E-state index contributed by atoms with van der Waals surface area (Å²) in [5.41, 5.74) is 3.35. The summed E-state index contributed by atoms with van der Waals surface area (Å²) in [6.07, 6.45) is 1.66. The Morgan fingerprint density at radius 1 is 1.00 bits per heavy atom. The average molecular weight is 469 g/mol. The summed E-state index contributed by atoms with van der Waals surface area (Å²) >= 11 is 0. The van der Waals surface area contributed by atoms with Crippen LogP contribution in [-0.2, 0) is 18.0 Å². The molecule has 8 heteroatoms. The second-order valence-corrected chi connectivity index (χ2v) is 8.33. The highest BCUT2D eigenvalue weighted by atomic mass is 16.5. The van der Waals surface area contributed by atoms with Crippen LogP contribution in [0.25, 0.3) is 16.4 Å². The van der Waals surface area contributed by atoms with Gasteiger partial charge in [0.1, 0.15) is 35.9 Å². The molecule has 35 heavy (non-hydrogen) atoms. The summed E-state index contributed by atoms with van der Waals surface area (Å²) in [7, 11) is 0. The van der Waals surface area contributed by atoms with Crippen molar-refractivity contribution in [3.05, 3.63) is 105 Å². The van der Waals surface area contributed by atoms with Crippen LogP contribution in [0, 0.1) is 20.8 Å². The van der Waals surface area contributed by atoms with Gasteiger partial charge in [0.2, 0.25) is 0 Å². The first-order valence-electron chi connectivity index (χ1n) is 11.1. The first kappa shape index (κ1) is 22.3. The maximum Gasteiger partial charge on any atom is 0.342 e. The molecule has 8 nitrogen and oxygen atoms in total. The maximum absolute atomic E-state index is 13.1. The van der Waals surface area contributed by atoms with E-state index in [1.165, 1.54) is 10.5 Å². The number of rotatable bonds is 6. The molecule has 0 unspecified atom stereocenters. The summed E-state index contributed by atoms with van der Waals surface area (Å²) < 4.78 is 18.3. The Balaban J connectivity index is 1.43. The van der Waals surface area contributed by atoms with Crippen molar-refractivity contribution in [3.8, 4) is 5.75 Å². The van der Waals surface area contributed by atoms with Crippen molar-refractivity contribution >= 4 is 22.4 Å². The number of pyridine rings is 1. The lowest BCUT2D eigenvalue weighted by Crippen LogP contribution is -2.17. The Hall–Kier alpha value is -4.46. The van der Waals surface area contributed by atoms with Crippen LogP contribution >= 0.6 is 0 Å². The Labute approximate surface area is 200 Å². The zero-order valence-corrected chi connectivity index (χ0v) is 19.6. The fraction of sp³-hybridized carbons (Fsp3) is 0.185. The Kier molecular flexibility index (Phi) is 5.78. The number of aryl methyl sites for hydroxylation is 3.